The summed E-state index contributed by atoms with van der Waals surface area (Å²) < 4.78 is 32.7. The highest BCUT2D eigenvalue weighted by atomic mass is 31.2. The quantitative estimate of drug-likeness (QED) is 0.0139. The molecule has 0 aliphatic carbocycles. The number of quaternary nitrogens is 1. The van der Waals surface area contributed by atoms with Crippen LogP contribution in [0, 0.1) is 10.1 Å². The van der Waals surface area contributed by atoms with Gasteiger partial charge in [0.05, 0.1) is 39.3 Å². The van der Waals surface area contributed by atoms with Gasteiger partial charge in [0.1, 0.15) is 18.9 Å². The number of nitrogens with one attached hydrogen (secondary N) is 1. The van der Waals surface area contributed by atoms with E-state index in [4.69, 9.17) is 18.5 Å². The van der Waals surface area contributed by atoms with Crippen molar-refractivity contribution in [3.63, 3.8) is 0 Å². The van der Waals surface area contributed by atoms with Gasteiger partial charge in [-0.3, -0.25) is 24.0 Å². The van der Waals surface area contributed by atoms with Gasteiger partial charge in [0.25, 0.3) is 5.69 Å². The van der Waals surface area contributed by atoms with E-state index in [9.17, 15) is 29.2 Å². The van der Waals surface area contributed by atoms with Crippen molar-refractivity contribution in [1.29, 1.82) is 0 Å². The molecule has 2 aromatic rings. The van der Waals surface area contributed by atoms with Crippen molar-refractivity contribution >= 4 is 31.3 Å². The molecule has 2 N–H and O–H groups in total. The number of anilines is 1. The van der Waals surface area contributed by atoms with Crippen molar-refractivity contribution in [2.45, 2.75) is 128 Å². The van der Waals surface area contributed by atoms with Gasteiger partial charge in [-0.25, -0.2) is 9.36 Å². The summed E-state index contributed by atoms with van der Waals surface area (Å²) in [6.07, 6.45) is 21.1. The largest absolute Gasteiger partial charge is 0.513 e. The summed E-state index contributed by atoms with van der Waals surface area (Å²) in [4.78, 5) is 44.0. The van der Waals surface area contributed by atoms with Crippen LogP contribution in [0.4, 0.5) is 16.2 Å². The van der Waals surface area contributed by atoms with E-state index in [0.717, 1.165) is 31.4 Å². The van der Waals surface area contributed by atoms with Crippen LogP contribution >= 0.6 is 7.82 Å². The normalized spacial score (nSPS) is 12.6. The van der Waals surface area contributed by atoms with Crippen molar-refractivity contribution in [3.05, 3.63) is 64.2 Å². The predicted molar refractivity (Wildman–Crippen MR) is 216 cm³/mol. The molecular weight excluding hydrogens is 725 g/mol. The standard InChI is InChI=1S/C41H66N3O10P/c1-44(2,3)32-35-53-55(49,50)52-34-20-17-15-13-11-9-7-5-4-6-8-10-12-14-16-18-22-36-24-26-37(27-25-36)42-40(45)23-19-21-33-51-41(46)54-39-30-28-38(29-31-39)43(47)48/h24-31H,4-23,32-35H2,1-3H3,(H-,42,45,49,50)/p+1. The number of hydrogen-bond donors (Lipinski definition) is 2. The molecule has 0 aromatic heterocycles. The number of ether oxygens (including phenoxy) is 2. The summed E-state index contributed by atoms with van der Waals surface area (Å²) in [6.45, 7) is 1.22. The lowest BCUT2D eigenvalue weighted by Crippen LogP contribution is -2.37. The molecule has 2 aromatic carbocycles. The molecule has 0 saturated heterocycles. The Kier molecular flexibility index (Phi) is 24.4. The molecule has 0 radical (unpaired) electrons. The maximum absolute atomic E-state index is 12.3. The number of amides is 1. The molecule has 0 heterocycles. The van der Waals surface area contributed by atoms with Gasteiger partial charge < -0.3 is 24.2 Å². The van der Waals surface area contributed by atoms with E-state index >= 15 is 0 Å². The number of likely N-dealkylation sites (N-methyl/N-ethyl adjacent to an activating group) is 1. The Hall–Kier alpha value is -3.35. The van der Waals surface area contributed by atoms with Crippen LogP contribution in [-0.2, 0) is 29.6 Å². The average molecular weight is 793 g/mol. The number of nitro groups is 1. The third kappa shape index (κ3) is 26.2. The number of unbranched alkanes of at least 4 members (excludes halogenated alkanes) is 16. The fourth-order valence-electron chi connectivity index (χ4n) is 5.84. The highest BCUT2D eigenvalue weighted by Crippen LogP contribution is 2.43. The molecule has 0 spiro atoms. The van der Waals surface area contributed by atoms with Crippen molar-refractivity contribution in [2.75, 3.05) is 52.8 Å². The van der Waals surface area contributed by atoms with E-state index in [1.165, 1.54) is 113 Å². The second kappa shape index (κ2) is 28.1. The first-order valence-corrected chi connectivity index (χ1v) is 21.7. The van der Waals surface area contributed by atoms with E-state index in [1.54, 1.807) is 0 Å². The Balaban J connectivity index is 1.34. The first kappa shape index (κ1) is 47.8. The number of carbonyl (C=O) groups excluding carboxylic acids is 2. The molecule has 0 bridgehead atoms. The zero-order valence-electron chi connectivity index (χ0n) is 33.6. The topological polar surface area (TPSA) is 164 Å². The van der Waals surface area contributed by atoms with Gasteiger partial charge in [-0.05, 0) is 61.9 Å². The number of aryl methyl sites for hydroxylation is 1. The number of non-ortho nitro benzene ring substituents is 1. The molecular formula is C41H67N3O10P+. The Labute approximate surface area is 328 Å². The van der Waals surface area contributed by atoms with E-state index in [1.807, 2.05) is 33.3 Å². The lowest BCUT2D eigenvalue weighted by Gasteiger charge is -2.24. The molecule has 55 heavy (non-hydrogen) atoms. The number of nitrogens with zero attached hydrogens (tertiary/aromatic N) is 2. The van der Waals surface area contributed by atoms with Gasteiger partial charge in [0.15, 0.2) is 0 Å². The Morgan fingerprint density at radius 2 is 1.18 bits per heavy atom. The van der Waals surface area contributed by atoms with Gasteiger partial charge in [-0.1, -0.05) is 102 Å². The number of nitro benzene ring substituents is 1. The molecule has 14 heteroatoms. The van der Waals surface area contributed by atoms with Crippen LogP contribution < -0.4 is 10.1 Å². The predicted octanol–water partition coefficient (Wildman–Crippen LogP) is 10.5. The highest BCUT2D eigenvalue weighted by Gasteiger charge is 2.22. The first-order valence-electron chi connectivity index (χ1n) is 20.2. The van der Waals surface area contributed by atoms with E-state index in [0.29, 0.717) is 30.3 Å². The van der Waals surface area contributed by atoms with E-state index in [2.05, 4.69) is 17.4 Å². The minimum atomic E-state index is -3.93. The average Bonchev–Trinajstić information content (AvgIpc) is 3.12. The minimum Gasteiger partial charge on any atom is -0.434 e. The number of phosphoric acid groups is 1. The highest BCUT2D eigenvalue weighted by molar-refractivity contribution is 7.47. The van der Waals surface area contributed by atoms with Gasteiger partial charge in [0.2, 0.25) is 5.91 Å². The van der Waals surface area contributed by atoms with Crippen LogP contribution in [0.15, 0.2) is 48.5 Å². The molecule has 2 rings (SSSR count). The fraction of sp³-hybridized carbons (Fsp3) is 0.659. The molecule has 310 valence electrons. The second-order valence-electron chi connectivity index (χ2n) is 15.2. The lowest BCUT2D eigenvalue weighted by molar-refractivity contribution is -0.870. The third-order valence-electron chi connectivity index (χ3n) is 9.14. The van der Waals surface area contributed by atoms with Crippen LogP contribution in [0.5, 0.6) is 5.75 Å². The first-order chi connectivity index (χ1) is 26.3. The molecule has 0 saturated carbocycles. The molecule has 0 aliphatic heterocycles. The van der Waals surface area contributed by atoms with Crippen molar-refractivity contribution < 1.29 is 47.0 Å². The van der Waals surface area contributed by atoms with Crippen LogP contribution in [0.25, 0.3) is 0 Å². The molecule has 1 atom stereocenters. The summed E-state index contributed by atoms with van der Waals surface area (Å²) in [5.74, 6) is 0.0562. The fourth-order valence-corrected chi connectivity index (χ4v) is 6.58. The Morgan fingerprint density at radius 1 is 0.691 bits per heavy atom. The van der Waals surface area contributed by atoms with Crippen molar-refractivity contribution in [1.82, 2.24) is 0 Å². The monoisotopic (exact) mass is 792 g/mol. The molecule has 1 amide bonds. The van der Waals surface area contributed by atoms with Crippen molar-refractivity contribution in [3.8, 4) is 5.75 Å². The molecule has 0 aliphatic rings. The van der Waals surface area contributed by atoms with Gasteiger partial charge in [-0.2, -0.15) is 0 Å². The number of phosphoric ester groups is 1. The molecule has 1 unspecified atom stereocenters. The maximum atomic E-state index is 12.3. The zero-order chi connectivity index (χ0) is 40.2. The zero-order valence-corrected chi connectivity index (χ0v) is 34.4. The minimum absolute atomic E-state index is 0.0966. The number of benzene rings is 2. The lowest BCUT2D eigenvalue weighted by atomic mass is 10.0. The second-order valence-corrected chi connectivity index (χ2v) is 16.7. The van der Waals surface area contributed by atoms with E-state index in [-0.39, 0.29) is 37.2 Å². The summed E-state index contributed by atoms with van der Waals surface area (Å²) >= 11 is 0. The summed E-state index contributed by atoms with van der Waals surface area (Å²) in [5.41, 5.74) is 1.94. The maximum Gasteiger partial charge on any atom is 0.513 e. The summed E-state index contributed by atoms with van der Waals surface area (Å²) in [7, 11) is 2.08. The third-order valence-corrected chi connectivity index (χ3v) is 10.2. The van der Waals surface area contributed by atoms with Crippen molar-refractivity contribution in [2.24, 2.45) is 0 Å². The van der Waals surface area contributed by atoms with Crippen LogP contribution in [0.1, 0.15) is 128 Å². The van der Waals surface area contributed by atoms with Gasteiger partial charge >= 0.3 is 14.0 Å². The smallest absolute Gasteiger partial charge is 0.434 e. The Bertz CT molecular complexity index is 1400. The number of hydrogen-bond acceptors (Lipinski definition) is 9. The van der Waals surface area contributed by atoms with Crippen LogP contribution in [0.3, 0.4) is 0 Å². The number of carbonyl (C=O) groups is 2. The molecule has 13 nitrogen and oxygen atoms in total. The van der Waals surface area contributed by atoms with Crippen LogP contribution in [0.2, 0.25) is 0 Å². The summed E-state index contributed by atoms with van der Waals surface area (Å²) in [5, 5.41) is 13.6. The molecule has 0 fully saturated rings. The number of rotatable bonds is 32. The van der Waals surface area contributed by atoms with Gasteiger partial charge in [0, 0.05) is 24.2 Å². The van der Waals surface area contributed by atoms with E-state index < -0.39 is 18.9 Å². The van der Waals surface area contributed by atoms with Gasteiger partial charge in [-0.15, -0.1) is 0 Å². The summed E-state index contributed by atoms with van der Waals surface area (Å²) in [6, 6.07) is 13.2. The van der Waals surface area contributed by atoms with Crippen LogP contribution in [-0.4, -0.2) is 73.9 Å². The Morgan fingerprint density at radius 3 is 1.71 bits per heavy atom. The SMILES string of the molecule is C[N+](C)(C)CCOP(=O)(O)OCCCCCCCCCCCCCCCCCCc1ccc(NC(=O)CCCCOC(=O)Oc2ccc([N+](=O)[O-])cc2)cc1.